The predicted octanol–water partition coefficient (Wildman–Crippen LogP) is 3.37. The first-order chi connectivity index (χ1) is 8.08. The molecule has 1 aromatic heterocycles. The number of sulfonamides is 1. The summed E-state index contributed by atoms with van der Waals surface area (Å²) >= 11 is 4.53. The lowest BCUT2D eigenvalue weighted by Gasteiger charge is -2.21. The van der Waals surface area contributed by atoms with Crippen molar-refractivity contribution in [2.45, 2.75) is 36.3 Å². The number of rotatable bonds is 4. The van der Waals surface area contributed by atoms with Crippen LogP contribution in [-0.2, 0) is 10.0 Å². The molecule has 0 unspecified atom stereocenters. The predicted molar refractivity (Wildman–Crippen MR) is 73.8 cm³/mol. The van der Waals surface area contributed by atoms with Crippen LogP contribution < -0.4 is 4.72 Å². The second kappa shape index (κ2) is 5.82. The van der Waals surface area contributed by atoms with Crippen LogP contribution in [0.5, 0.6) is 0 Å². The lowest BCUT2D eigenvalue weighted by Crippen LogP contribution is -2.29. The zero-order chi connectivity index (χ0) is 12.3. The lowest BCUT2D eigenvalue weighted by molar-refractivity contribution is 0.357. The van der Waals surface area contributed by atoms with Crippen molar-refractivity contribution in [2.24, 2.45) is 5.92 Å². The van der Waals surface area contributed by atoms with Crippen molar-refractivity contribution in [3.05, 3.63) is 15.9 Å². The van der Waals surface area contributed by atoms with Crippen LogP contribution in [0.15, 0.2) is 20.1 Å². The van der Waals surface area contributed by atoms with Gasteiger partial charge >= 0.3 is 0 Å². The van der Waals surface area contributed by atoms with Gasteiger partial charge in [-0.3, -0.25) is 0 Å². The monoisotopic (exact) mass is 337 g/mol. The Hall–Kier alpha value is 0.0900. The first kappa shape index (κ1) is 13.5. The molecule has 1 saturated carbocycles. The Bertz CT molecular complexity index is 464. The normalized spacial score (nSPS) is 18.4. The van der Waals surface area contributed by atoms with Crippen LogP contribution in [0.4, 0.5) is 0 Å². The summed E-state index contributed by atoms with van der Waals surface area (Å²) in [6.45, 7) is 0.581. The highest BCUT2D eigenvalue weighted by Gasteiger charge is 2.19. The molecule has 96 valence electrons. The molecule has 0 aliphatic heterocycles. The fourth-order valence-corrected chi connectivity index (χ4v) is 5.30. The molecule has 17 heavy (non-hydrogen) atoms. The van der Waals surface area contributed by atoms with Gasteiger partial charge in [-0.15, -0.1) is 11.3 Å². The molecule has 0 saturated heterocycles. The molecule has 0 atom stereocenters. The van der Waals surface area contributed by atoms with Crippen molar-refractivity contribution >= 4 is 37.3 Å². The first-order valence-corrected chi connectivity index (χ1v) is 8.92. The molecule has 3 nitrogen and oxygen atoms in total. The molecule has 0 aromatic carbocycles. The van der Waals surface area contributed by atoms with E-state index in [-0.39, 0.29) is 0 Å². The van der Waals surface area contributed by atoms with E-state index < -0.39 is 10.0 Å². The molecular formula is C11H16BrNO2S2. The molecule has 1 aromatic rings. The third-order valence-electron chi connectivity index (χ3n) is 3.10. The second-order valence-electron chi connectivity index (χ2n) is 4.41. The summed E-state index contributed by atoms with van der Waals surface area (Å²) in [6.07, 6.45) is 6.06. The van der Waals surface area contributed by atoms with Crippen molar-refractivity contribution in [1.82, 2.24) is 4.72 Å². The van der Waals surface area contributed by atoms with E-state index in [1.807, 2.05) is 0 Å². The van der Waals surface area contributed by atoms with E-state index in [0.717, 1.165) is 16.6 Å². The van der Waals surface area contributed by atoms with Gasteiger partial charge in [0.05, 0.1) is 3.79 Å². The Labute approximate surface area is 115 Å². The van der Waals surface area contributed by atoms with Gasteiger partial charge in [-0.05, 0) is 46.8 Å². The first-order valence-electron chi connectivity index (χ1n) is 5.83. The minimum atomic E-state index is -3.30. The van der Waals surface area contributed by atoms with E-state index in [4.69, 9.17) is 0 Å². The average molecular weight is 338 g/mol. The number of hydrogen-bond acceptors (Lipinski definition) is 3. The van der Waals surface area contributed by atoms with Crippen LogP contribution in [0.25, 0.3) is 0 Å². The average Bonchev–Trinajstić information content (AvgIpc) is 2.76. The van der Waals surface area contributed by atoms with Gasteiger partial charge in [0.25, 0.3) is 0 Å². The van der Waals surface area contributed by atoms with Gasteiger partial charge in [-0.1, -0.05) is 19.3 Å². The third-order valence-corrected chi connectivity index (χ3v) is 6.64. The van der Waals surface area contributed by atoms with E-state index >= 15 is 0 Å². The maximum Gasteiger partial charge on any atom is 0.250 e. The van der Waals surface area contributed by atoms with Gasteiger partial charge in [0, 0.05) is 6.54 Å². The van der Waals surface area contributed by atoms with E-state index in [1.54, 1.807) is 12.1 Å². The van der Waals surface area contributed by atoms with Crippen molar-refractivity contribution in [3.8, 4) is 0 Å². The zero-order valence-corrected chi connectivity index (χ0v) is 12.7. The maximum atomic E-state index is 12.0. The summed E-state index contributed by atoms with van der Waals surface area (Å²) in [7, 11) is -3.30. The van der Waals surface area contributed by atoms with Crippen molar-refractivity contribution in [3.63, 3.8) is 0 Å². The Morgan fingerprint density at radius 2 is 2.00 bits per heavy atom. The van der Waals surface area contributed by atoms with Crippen LogP contribution >= 0.6 is 27.3 Å². The van der Waals surface area contributed by atoms with E-state index in [2.05, 4.69) is 20.7 Å². The zero-order valence-electron chi connectivity index (χ0n) is 9.49. The van der Waals surface area contributed by atoms with E-state index in [9.17, 15) is 8.42 Å². The van der Waals surface area contributed by atoms with Crippen LogP contribution in [0.1, 0.15) is 32.1 Å². The molecule has 0 spiro atoms. The Kier molecular flexibility index (Phi) is 4.63. The number of nitrogens with one attached hydrogen (secondary N) is 1. The smallest absolute Gasteiger partial charge is 0.210 e. The second-order valence-corrected chi connectivity index (χ2v) is 8.87. The molecule has 6 heteroatoms. The molecule has 0 radical (unpaired) electrons. The van der Waals surface area contributed by atoms with E-state index in [1.165, 1.54) is 30.6 Å². The topological polar surface area (TPSA) is 46.2 Å². The maximum absolute atomic E-state index is 12.0. The standard InChI is InChI=1S/C11H16BrNO2S2/c12-10-6-7-11(16-10)17(14,15)13-8-9-4-2-1-3-5-9/h6-7,9,13H,1-5,8H2. The van der Waals surface area contributed by atoms with Crippen LogP contribution in [0.3, 0.4) is 0 Å². The molecule has 0 bridgehead atoms. The highest BCUT2D eigenvalue weighted by atomic mass is 79.9. The highest BCUT2D eigenvalue weighted by Crippen LogP contribution is 2.27. The quantitative estimate of drug-likeness (QED) is 0.915. The molecule has 1 fully saturated rings. The van der Waals surface area contributed by atoms with Gasteiger partial charge in [0.15, 0.2) is 0 Å². The molecular weight excluding hydrogens is 322 g/mol. The van der Waals surface area contributed by atoms with Crippen molar-refractivity contribution < 1.29 is 8.42 Å². The molecule has 1 heterocycles. The largest absolute Gasteiger partial charge is 0.250 e. The summed E-state index contributed by atoms with van der Waals surface area (Å²) < 4.78 is 27.9. The SMILES string of the molecule is O=S(=O)(NCC1CCCCC1)c1ccc(Br)s1. The summed E-state index contributed by atoms with van der Waals surface area (Å²) in [5.41, 5.74) is 0. The number of hydrogen-bond donors (Lipinski definition) is 1. The molecule has 1 aliphatic rings. The van der Waals surface area contributed by atoms with Crippen molar-refractivity contribution in [2.75, 3.05) is 6.54 Å². The minimum absolute atomic E-state index is 0.389. The van der Waals surface area contributed by atoms with Gasteiger partial charge in [-0.25, -0.2) is 13.1 Å². The summed E-state index contributed by atoms with van der Waals surface area (Å²) in [6, 6.07) is 3.40. The van der Waals surface area contributed by atoms with Crippen molar-refractivity contribution in [1.29, 1.82) is 0 Å². The van der Waals surface area contributed by atoms with Gasteiger partial charge in [0.2, 0.25) is 10.0 Å². The fraction of sp³-hybridized carbons (Fsp3) is 0.636. The van der Waals surface area contributed by atoms with Crippen LogP contribution in [0.2, 0.25) is 0 Å². The minimum Gasteiger partial charge on any atom is -0.210 e. The molecule has 1 aliphatic carbocycles. The Morgan fingerprint density at radius 3 is 2.59 bits per heavy atom. The van der Waals surface area contributed by atoms with Gasteiger partial charge < -0.3 is 0 Å². The lowest BCUT2D eigenvalue weighted by atomic mass is 9.90. The highest BCUT2D eigenvalue weighted by molar-refractivity contribution is 9.11. The Balaban J connectivity index is 1.93. The Morgan fingerprint density at radius 1 is 1.29 bits per heavy atom. The van der Waals surface area contributed by atoms with E-state index in [0.29, 0.717) is 16.7 Å². The van der Waals surface area contributed by atoms with Gasteiger partial charge in [-0.2, -0.15) is 0 Å². The summed E-state index contributed by atoms with van der Waals surface area (Å²) in [5.74, 6) is 0.516. The summed E-state index contributed by atoms with van der Waals surface area (Å²) in [5, 5.41) is 0. The third kappa shape index (κ3) is 3.77. The fourth-order valence-electron chi connectivity index (χ4n) is 2.13. The van der Waals surface area contributed by atoms with Gasteiger partial charge in [0.1, 0.15) is 4.21 Å². The summed E-state index contributed by atoms with van der Waals surface area (Å²) in [4.78, 5) is 0. The van der Waals surface area contributed by atoms with Crippen LogP contribution in [0, 0.1) is 5.92 Å². The number of thiophene rings is 1. The molecule has 2 rings (SSSR count). The number of halogens is 1. The van der Waals surface area contributed by atoms with Crippen LogP contribution in [-0.4, -0.2) is 15.0 Å². The molecule has 0 amide bonds. The molecule has 1 N–H and O–H groups in total.